The molecule has 0 aliphatic rings. The molecule has 0 aromatic heterocycles. The van der Waals surface area contributed by atoms with Gasteiger partial charge in [-0.15, -0.1) is 0 Å². The zero-order valence-corrected chi connectivity index (χ0v) is 15.3. The van der Waals surface area contributed by atoms with E-state index in [1.807, 2.05) is 62.4 Å². The molecule has 2 aromatic rings. The summed E-state index contributed by atoms with van der Waals surface area (Å²) in [6.45, 7) is 4.26. The molecule has 5 heteroatoms. The smallest absolute Gasteiger partial charge is 0.258 e. The monoisotopic (exact) mass is 354 g/mol. The molecule has 2 atom stereocenters. The van der Waals surface area contributed by atoms with Gasteiger partial charge in [-0.1, -0.05) is 68.8 Å². The van der Waals surface area contributed by atoms with Gasteiger partial charge < -0.3 is 15.4 Å². The fraction of sp³-hybridized carbons (Fsp3) is 0.333. The van der Waals surface area contributed by atoms with Gasteiger partial charge in [0.2, 0.25) is 5.91 Å². The van der Waals surface area contributed by atoms with Crippen molar-refractivity contribution in [2.45, 2.75) is 32.9 Å². The highest BCUT2D eigenvalue weighted by Gasteiger charge is 2.25. The Morgan fingerprint density at radius 1 is 1.00 bits per heavy atom. The summed E-state index contributed by atoms with van der Waals surface area (Å²) < 4.78 is 5.45. The lowest BCUT2D eigenvalue weighted by Crippen LogP contribution is -2.51. The van der Waals surface area contributed by atoms with E-state index in [0.717, 1.165) is 12.0 Å². The number of hydrogen-bond donors (Lipinski definition) is 2. The molecule has 0 heterocycles. The maximum atomic E-state index is 12.6. The van der Waals surface area contributed by atoms with Crippen molar-refractivity contribution in [3.05, 3.63) is 66.2 Å². The number of rotatable bonds is 9. The largest absolute Gasteiger partial charge is 0.484 e. The number of ether oxygens (including phenoxy) is 1. The number of carbonyl (C=O) groups excluding carboxylic acids is 2. The van der Waals surface area contributed by atoms with Crippen molar-refractivity contribution in [2.24, 2.45) is 5.92 Å². The number of carbonyl (C=O) groups is 2. The summed E-state index contributed by atoms with van der Waals surface area (Å²) in [6, 6.07) is 18.2. The van der Waals surface area contributed by atoms with E-state index in [1.54, 1.807) is 12.1 Å². The van der Waals surface area contributed by atoms with Gasteiger partial charge in [0.1, 0.15) is 11.8 Å². The molecule has 2 N–H and O–H groups in total. The van der Waals surface area contributed by atoms with Crippen LogP contribution in [0.1, 0.15) is 25.8 Å². The number of para-hydroxylation sites is 1. The van der Waals surface area contributed by atoms with Gasteiger partial charge in [-0.05, 0) is 23.6 Å². The lowest BCUT2D eigenvalue weighted by molar-refractivity contribution is -0.131. The summed E-state index contributed by atoms with van der Waals surface area (Å²) in [7, 11) is 0. The Labute approximate surface area is 154 Å². The quantitative estimate of drug-likeness (QED) is 0.728. The zero-order valence-electron chi connectivity index (χ0n) is 15.3. The number of benzene rings is 2. The summed E-state index contributed by atoms with van der Waals surface area (Å²) in [5.74, 6) is 0.146. The minimum absolute atomic E-state index is 0.0199. The van der Waals surface area contributed by atoms with Gasteiger partial charge in [0.05, 0.1) is 0 Å². The minimum atomic E-state index is -0.587. The Bertz CT molecular complexity index is 689. The molecule has 2 unspecified atom stereocenters. The molecule has 138 valence electrons. The van der Waals surface area contributed by atoms with Crippen LogP contribution < -0.4 is 15.4 Å². The lowest BCUT2D eigenvalue weighted by atomic mass is 9.98. The first-order chi connectivity index (χ1) is 12.6. The summed E-state index contributed by atoms with van der Waals surface area (Å²) in [5.41, 5.74) is 1.02. The van der Waals surface area contributed by atoms with Crippen LogP contribution in [-0.4, -0.2) is 24.5 Å². The van der Waals surface area contributed by atoms with E-state index in [2.05, 4.69) is 10.6 Å². The second kappa shape index (κ2) is 10.2. The van der Waals surface area contributed by atoms with E-state index in [4.69, 9.17) is 4.74 Å². The molecule has 2 amide bonds. The van der Waals surface area contributed by atoms with Gasteiger partial charge in [0.25, 0.3) is 5.91 Å². The Hall–Kier alpha value is -2.82. The van der Waals surface area contributed by atoms with E-state index in [9.17, 15) is 9.59 Å². The number of amides is 2. The number of hydrogen-bond acceptors (Lipinski definition) is 3. The predicted octanol–water partition coefficient (Wildman–Crippen LogP) is 2.91. The molecule has 0 bridgehead atoms. The number of nitrogens with one attached hydrogen (secondary N) is 2. The third kappa shape index (κ3) is 6.24. The van der Waals surface area contributed by atoms with Crippen LogP contribution in [0.3, 0.4) is 0 Å². The third-order valence-electron chi connectivity index (χ3n) is 4.23. The van der Waals surface area contributed by atoms with E-state index in [-0.39, 0.29) is 24.3 Å². The highest BCUT2D eigenvalue weighted by atomic mass is 16.5. The molecule has 0 aliphatic heterocycles. The second-order valence-corrected chi connectivity index (χ2v) is 6.24. The molecule has 0 saturated heterocycles. The Morgan fingerprint density at radius 2 is 1.62 bits per heavy atom. The zero-order chi connectivity index (χ0) is 18.8. The van der Waals surface area contributed by atoms with Crippen molar-refractivity contribution >= 4 is 11.8 Å². The average Bonchev–Trinajstić information content (AvgIpc) is 2.69. The van der Waals surface area contributed by atoms with Crippen molar-refractivity contribution < 1.29 is 14.3 Å². The molecule has 5 nitrogen and oxygen atoms in total. The predicted molar refractivity (Wildman–Crippen MR) is 102 cm³/mol. The maximum Gasteiger partial charge on any atom is 0.258 e. The van der Waals surface area contributed by atoms with Gasteiger partial charge in [-0.25, -0.2) is 0 Å². The van der Waals surface area contributed by atoms with Crippen molar-refractivity contribution in [3.63, 3.8) is 0 Å². The standard InChI is InChI=1S/C21H26N2O3/c1-3-16(2)20(21(25)22-14-17-10-6-4-7-11-17)23-19(24)15-26-18-12-8-5-9-13-18/h4-13,16,20H,3,14-15H2,1-2H3,(H,22,25)(H,23,24). The van der Waals surface area contributed by atoms with Crippen molar-refractivity contribution in [1.82, 2.24) is 10.6 Å². The van der Waals surface area contributed by atoms with E-state index in [0.29, 0.717) is 12.3 Å². The molecule has 2 aromatic carbocycles. The molecule has 2 rings (SSSR count). The van der Waals surface area contributed by atoms with Gasteiger partial charge in [-0.3, -0.25) is 9.59 Å². The molecular weight excluding hydrogens is 328 g/mol. The van der Waals surface area contributed by atoms with E-state index < -0.39 is 6.04 Å². The molecule has 0 spiro atoms. The summed E-state index contributed by atoms with van der Waals surface area (Å²) in [6.07, 6.45) is 0.781. The Kier molecular flexibility index (Phi) is 7.68. The molecule has 0 aliphatic carbocycles. The third-order valence-corrected chi connectivity index (χ3v) is 4.23. The Balaban J connectivity index is 1.89. The van der Waals surface area contributed by atoms with Crippen LogP contribution in [0.4, 0.5) is 0 Å². The lowest BCUT2D eigenvalue weighted by Gasteiger charge is -2.23. The van der Waals surface area contributed by atoms with Crippen LogP contribution >= 0.6 is 0 Å². The first kappa shape index (κ1) is 19.5. The van der Waals surface area contributed by atoms with Crippen molar-refractivity contribution in [2.75, 3.05) is 6.61 Å². The Morgan fingerprint density at radius 3 is 2.23 bits per heavy atom. The minimum Gasteiger partial charge on any atom is -0.484 e. The van der Waals surface area contributed by atoms with Crippen LogP contribution in [0.15, 0.2) is 60.7 Å². The summed E-state index contributed by atoms with van der Waals surface area (Å²) in [4.78, 5) is 24.8. The van der Waals surface area contributed by atoms with Gasteiger partial charge >= 0.3 is 0 Å². The van der Waals surface area contributed by atoms with E-state index in [1.165, 1.54) is 0 Å². The molecule has 0 radical (unpaired) electrons. The molecule has 0 fully saturated rings. The highest BCUT2D eigenvalue weighted by molar-refractivity contribution is 5.88. The highest BCUT2D eigenvalue weighted by Crippen LogP contribution is 2.10. The topological polar surface area (TPSA) is 67.4 Å². The second-order valence-electron chi connectivity index (χ2n) is 6.24. The van der Waals surface area contributed by atoms with Crippen molar-refractivity contribution in [1.29, 1.82) is 0 Å². The van der Waals surface area contributed by atoms with Gasteiger partial charge in [-0.2, -0.15) is 0 Å². The first-order valence-corrected chi connectivity index (χ1v) is 8.89. The maximum absolute atomic E-state index is 12.6. The van der Waals surface area contributed by atoms with E-state index >= 15 is 0 Å². The van der Waals surface area contributed by atoms with Gasteiger partial charge in [0.15, 0.2) is 6.61 Å². The van der Waals surface area contributed by atoms with Crippen LogP contribution in [0.5, 0.6) is 5.75 Å². The van der Waals surface area contributed by atoms with Crippen LogP contribution in [0, 0.1) is 5.92 Å². The van der Waals surface area contributed by atoms with Crippen molar-refractivity contribution in [3.8, 4) is 5.75 Å². The van der Waals surface area contributed by atoms with Crippen LogP contribution in [0.25, 0.3) is 0 Å². The fourth-order valence-electron chi connectivity index (χ4n) is 2.48. The normalized spacial score (nSPS) is 12.7. The summed E-state index contributed by atoms with van der Waals surface area (Å²) in [5, 5.41) is 5.70. The average molecular weight is 354 g/mol. The van der Waals surface area contributed by atoms with Crippen LogP contribution in [-0.2, 0) is 16.1 Å². The summed E-state index contributed by atoms with van der Waals surface area (Å²) >= 11 is 0. The molecule has 0 saturated carbocycles. The molecule has 26 heavy (non-hydrogen) atoms. The van der Waals surface area contributed by atoms with Crippen LogP contribution in [0.2, 0.25) is 0 Å². The van der Waals surface area contributed by atoms with Gasteiger partial charge in [0, 0.05) is 6.54 Å². The SMILES string of the molecule is CCC(C)C(NC(=O)COc1ccccc1)C(=O)NCc1ccccc1. The first-order valence-electron chi connectivity index (χ1n) is 8.89. The molecular formula is C21H26N2O3. The fourth-order valence-corrected chi connectivity index (χ4v) is 2.48.